The van der Waals surface area contributed by atoms with Crippen molar-refractivity contribution in [3.8, 4) is 0 Å². The minimum absolute atomic E-state index is 0.659. The van der Waals surface area contributed by atoms with Gasteiger partial charge in [-0.15, -0.1) is 0 Å². The average molecular weight is 198 g/mol. The van der Waals surface area contributed by atoms with Crippen molar-refractivity contribution in [1.29, 1.82) is 0 Å². The summed E-state index contributed by atoms with van der Waals surface area (Å²) in [5.74, 6) is 0. The Hall–Kier alpha value is -0.520. The van der Waals surface area contributed by atoms with Crippen LogP contribution in [-0.4, -0.2) is 39.8 Å². The Bertz CT molecular complexity index is 249. The van der Waals surface area contributed by atoms with Gasteiger partial charge in [-0.3, -0.25) is 4.90 Å². The molecule has 2 rings (SSSR count). The molecule has 1 aromatic heterocycles. The maximum Gasteiger partial charge on any atom is 0.0883 e. The molecule has 0 radical (unpaired) electrons. The lowest BCUT2D eigenvalue weighted by Crippen LogP contribution is -2.29. The summed E-state index contributed by atoms with van der Waals surface area (Å²) in [5, 5.41) is 3.30. The Morgan fingerprint density at radius 2 is 2.69 bits per heavy atom. The number of hydrogen-bond donors (Lipinski definition) is 1. The molecule has 5 heteroatoms. The summed E-state index contributed by atoms with van der Waals surface area (Å²) in [6.45, 7) is 3.26. The number of nitrogens with zero attached hydrogens (tertiary/aromatic N) is 3. The van der Waals surface area contributed by atoms with Gasteiger partial charge in [0, 0.05) is 25.7 Å². The van der Waals surface area contributed by atoms with Crippen LogP contribution >= 0.6 is 11.7 Å². The summed E-state index contributed by atoms with van der Waals surface area (Å²) < 4.78 is 8.19. The third-order valence-electron chi connectivity index (χ3n) is 2.47. The molecule has 13 heavy (non-hydrogen) atoms. The van der Waals surface area contributed by atoms with Gasteiger partial charge in [0.05, 0.1) is 23.6 Å². The summed E-state index contributed by atoms with van der Waals surface area (Å²) in [7, 11) is 2.03. The summed E-state index contributed by atoms with van der Waals surface area (Å²) in [6, 6.07) is 0.659. The smallest absolute Gasteiger partial charge is 0.0883 e. The first-order chi connectivity index (χ1) is 6.38. The normalized spacial score (nSPS) is 23.9. The zero-order valence-electron chi connectivity index (χ0n) is 7.73. The van der Waals surface area contributed by atoms with E-state index in [1.165, 1.54) is 24.7 Å². The first-order valence-corrected chi connectivity index (χ1v) is 5.27. The molecule has 4 nitrogen and oxygen atoms in total. The van der Waals surface area contributed by atoms with Gasteiger partial charge in [-0.05, 0) is 13.5 Å². The lowest BCUT2D eigenvalue weighted by Gasteiger charge is -2.13. The van der Waals surface area contributed by atoms with E-state index in [-0.39, 0.29) is 0 Å². The molecule has 0 amide bonds. The van der Waals surface area contributed by atoms with Crippen molar-refractivity contribution in [2.24, 2.45) is 0 Å². The lowest BCUT2D eigenvalue weighted by molar-refractivity contribution is 0.319. The lowest BCUT2D eigenvalue weighted by atomic mass is 10.3. The highest BCUT2D eigenvalue weighted by molar-refractivity contribution is 6.99. The molecule has 1 atom stereocenters. The Morgan fingerprint density at radius 1 is 1.77 bits per heavy atom. The van der Waals surface area contributed by atoms with Gasteiger partial charge in [0.15, 0.2) is 0 Å². The van der Waals surface area contributed by atoms with E-state index in [9.17, 15) is 0 Å². The van der Waals surface area contributed by atoms with E-state index in [4.69, 9.17) is 0 Å². The van der Waals surface area contributed by atoms with Gasteiger partial charge < -0.3 is 5.32 Å². The summed E-state index contributed by atoms with van der Waals surface area (Å²) in [6.07, 6.45) is 3.10. The van der Waals surface area contributed by atoms with Crippen LogP contribution < -0.4 is 5.32 Å². The van der Waals surface area contributed by atoms with Crippen LogP contribution in [0.15, 0.2) is 6.20 Å². The third kappa shape index (κ3) is 2.24. The Balaban J connectivity index is 1.84. The Labute approximate surface area is 82.3 Å². The topological polar surface area (TPSA) is 41.0 Å². The number of likely N-dealkylation sites (N-methyl/N-ethyl adjacent to an activating group) is 1. The van der Waals surface area contributed by atoms with Gasteiger partial charge in [0.25, 0.3) is 0 Å². The summed E-state index contributed by atoms with van der Waals surface area (Å²) in [4.78, 5) is 2.41. The molecule has 0 spiro atoms. The molecule has 72 valence electrons. The van der Waals surface area contributed by atoms with Gasteiger partial charge >= 0.3 is 0 Å². The SMILES string of the molecule is CNC1CCN(Cc2cnsn2)C1. The number of rotatable bonds is 3. The fraction of sp³-hybridized carbons (Fsp3) is 0.750. The predicted molar refractivity (Wildman–Crippen MR) is 52.7 cm³/mol. The molecule has 1 unspecified atom stereocenters. The van der Waals surface area contributed by atoms with E-state index in [0.717, 1.165) is 18.8 Å². The van der Waals surface area contributed by atoms with Crippen molar-refractivity contribution in [1.82, 2.24) is 19.0 Å². The van der Waals surface area contributed by atoms with E-state index in [1.54, 1.807) is 0 Å². The van der Waals surface area contributed by atoms with Gasteiger partial charge in [-0.25, -0.2) is 0 Å². The van der Waals surface area contributed by atoms with Gasteiger partial charge in [0.2, 0.25) is 0 Å². The minimum atomic E-state index is 0.659. The molecule has 0 aliphatic carbocycles. The molecule has 1 aliphatic heterocycles. The molecular formula is C8H14N4S. The second-order valence-electron chi connectivity index (χ2n) is 3.41. The Kier molecular flexibility index (Phi) is 2.87. The van der Waals surface area contributed by atoms with E-state index < -0.39 is 0 Å². The molecule has 1 aliphatic rings. The van der Waals surface area contributed by atoms with Crippen molar-refractivity contribution in [2.75, 3.05) is 20.1 Å². The number of hydrogen-bond acceptors (Lipinski definition) is 5. The van der Waals surface area contributed by atoms with E-state index in [0.29, 0.717) is 6.04 Å². The maximum absolute atomic E-state index is 4.20. The van der Waals surface area contributed by atoms with Crippen molar-refractivity contribution in [3.63, 3.8) is 0 Å². The molecule has 0 bridgehead atoms. The average Bonchev–Trinajstić information content (AvgIpc) is 2.76. The van der Waals surface area contributed by atoms with Crippen LogP contribution in [0.5, 0.6) is 0 Å². The van der Waals surface area contributed by atoms with Gasteiger partial charge in [-0.1, -0.05) is 0 Å². The number of likely N-dealkylation sites (tertiary alicyclic amines) is 1. The van der Waals surface area contributed by atoms with Crippen molar-refractivity contribution in [3.05, 3.63) is 11.9 Å². The minimum Gasteiger partial charge on any atom is -0.316 e. The predicted octanol–water partition coefficient (Wildman–Crippen LogP) is 0.332. The van der Waals surface area contributed by atoms with Gasteiger partial charge in [-0.2, -0.15) is 8.75 Å². The summed E-state index contributed by atoms with van der Waals surface area (Å²) in [5.41, 5.74) is 1.10. The first-order valence-electron chi connectivity index (χ1n) is 4.54. The highest BCUT2D eigenvalue weighted by Crippen LogP contribution is 2.11. The van der Waals surface area contributed by atoms with Crippen LogP contribution in [0.3, 0.4) is 0 Å². The molecular weight excluding hydrogens is 184 g/mol. The van der Waals surface area contributed by atoms with Crippen LogP contribution in [0.2, 0.25) is 0 Å². The molecule has 0 aromatic carbocycles. The van der Waals surface area contributed by atoms with E-state index in [1.807, 2.05) is 13.2 Å². The zero-order chi connectivity index (χ0) is 9.10. The quantitative estimate of drug-likeness (QED) is 0.760. The van der Waals surface area contributed by atoms with E-state index in [2.05, 4.69) is 19.0 Å². The second kappa shape index (κ2) is 4.13. The van der Waals surface area contributed by atoms with Crippen molar-refractivity contribution >= 4 is 11.7 Å². The fourth-order valence-electron chi connectivity index (χ4n) is 1.69. The molecule has 1 fully saturated rings. The monoisotopic (exact) mass is 198 g/mol. The molecule has 1 saturated heterocycles. The third-order valence-corrected chi connectivity index (χ3v) is 2.99. The Morgan fingerprint density at radius 3 is 3.31 bits per heavy atom. The second-order valence-corrected chi connectivity index (χ2v) is 3.96. The molecule has 2 heterocycles. The standard InChI is InChI=1S/C8H14N4S/c1-9-7-2-3-12(5-7)6-8-4-10-13-11-8/h4,7,9H,2-3,5-6H2,1H3. The first kappa shape index (κ1) is 9.05. The number of nitrogens with one attached hydrogen (secondary N) is 1. The van der Waals surface area contributed by atoms with Crippen LogP contribution in [-0.2, 0) is 6.54 Å². The maximum atomic E-state index is 4.20. The van der Waals surface area contributed by atoms with Crippen LogP contribution in [0, 0.1) is 0 Å². The van der Waals surface area contributed by atoms with Crippen LogP contribution in [0.25, 0.3) is 0 Å². The van der Waals surface area contributed by atoms with Crippen LogP contribution in [0.1, 0.15) is 12.1 Å². The number of aromatic nitrogens is 2. The van der Waals surface area contributed by atoms with Crippen molar-refractivity contribution < 1.29 is 0 Å². The zero-order valence-corrected chi connectivity index (χ0v) is 8.55. The highest BCUT2D eigenvalue weighted by Gasteiger charge is 2.21. The van der Waals surface area contributed by atoms with Crippen molar-refractivity contribution in [2.45, 2.75) is 19.0 Å². The molecule has 0 saturated carbocycles. The largest absolute Gasteiger partial charge is 0.316 e. The highest BCUT2D eigenvalue weighted by atomic mass is 32.1. The van der Waals surface area contributed by atoms with Gasteiger partial charge in [0.1, 0.15) is 0 Å². The molecule has 1 aromatic rings. The fourth-order valence-corrected chi connectivity index (χ4v) is 2.12. The summed E-state index contributed by atoms with van der Waals surface area (Å²) >= 11 is 1.29. The van der Waals surface area contributed by atoms with E-state index >= 15 is 0 Å². The molecule has 1 N–H and O–H groups in total. The van der Waals surface area contributed by atoms with Crippen LogP contribution in [0.4, 0.5) is 0 Å².